The van der Waals surface area contributed by atoms with Crippen molar-refractivity contribution in [3.8, 4) is 0 Å². The molecule has 1 aromatic heterocycles. The van der Waals surface area contributed by atoms with Gasteiger partial charge in [0.25, 0.3) is 17.3 Å². The molecular formula is C22H22ClN5O6S. The number of hydrogen-bond donors (Lipinski definition) is 0. The molecule has 4 rings (SSSR count). The third-order valence-electron chi connectivity index (χ3n) is 5.74. The molecular weight excluding hydrogens is 498 g/mol. The third-order valence-corrected chi connectivity index (χ3v) is 7.20. The fraction of sp³-hybridized carbons (Fsp3) is 0.364. The lowest BCUT2D eigenvalue weighted by Crippen LogP contribution is -2.39. The predicted molar refractivity (Wildman–Crippen MR) is 133 cm³/mol. The number of ether oxygens (including phenoxy) is 1. The van der Waals surface area contributed by atoms with Crippen molar-refractivity contribution in [1.29, 1.82) is 0 Å². The number of carbonyl (C=O) groups is 1. The summed E-state index contributed by atoms with van der Waals surface area (Å²) in [6.07, 6.45) is 0.610. The molecule has 0 spiro atoms. The number of hydrogen-bond acceptors (Lipinski definition) is 9. The maximum atomic E-state index is 13.6. The molecule has 0 N–H and O–H groups in total. The molecule has 1 aliphatic heterocycles. The van der Waals surface area contributed by atoms with E-state index in [1.54, 1.807) is 6.07 Å². The van der Waals surface area contributed by atoms with Crippen molar-refractivity contribution in [2.45, 2.75) is 13.3 Å². The summed E-state index contributed by atoms with van der Waals surface area (Å²) < 4.78 is 6.20. The molecule has 1 aliphatic rings. The number of fused-ring (bicyclic) bond motifs is 1. The van der Waals surface area contributed by atoms with Gasteiger partial charge in [0.05, 0.1) is 44.9 Å². The minimum Gasteiger partial charge on any atom is -0.379 e. The highest BCUT2D eigenvalue weighted by molar-refractivity contribution is 7.22. The van der Waals surface area contributed by atoms with E-state index in [0.717, 1.165) is 48.1 Å². The first-order valence-electron chi connectivity index (χ1n) is 10.9. The summed E-state index contributed by atoms with van der Waals surface area (Å²) in [6, 6.07) is 6.53. The number of morpholine rings is 1. The molecule has 0 atom stereocenters. The van der Waals surface area contributed by atoms with Crippen molar-refractivity contribution in [1.82, 2.24) is 9.88 Å². The minimum atomic E-state index is -0.754. The summed E-state index contributed by atoms with van der Waals surface area (Å²) in [5.74, 6) is -0.596. The van der Waals surface area contributed by atoms with Crippen LogP contribution in [0.15, 0.2) is 30.3 Å². The zero-order chi connectivity index (χ0) is 25.1. The van der Waals surface area contributed by atoms with E-state index in [4.69, 9.17) is 16.3 Å². The number of aromatic nitrogens is 1. The Bertz CT molecular complexity index is 1260. The molecule has 1 saturated heterocycles. The molecule has 2 heterocycles. The lowest BCUT2D eigenvalue weighted by atomic mass is 10.1. The quantitative estimate of drug-likeness (QED) is 0.315. The lowest BCUT2D eigenvalue weighted by molar-refractivity contribution is -0.394. The molecule has 0 saturated carbocycles. The van der Waals surface area contributed by atoms with Crippen LogP contribution in [0, 0.1) is 27.2 Å². The fourth-order valence-electron chi connectivity index (χ4n) is 3.85. The average Bonchev–Trinajstić information content (AvgIpc) is 3.29. The molecule has 35 heavy (non-hydrogen) atoms. The maximum absolute atomic E-state index is 13.6. The van der Waals surface area contributed by atoms with E-state index in [1.807, 2.05) is 13.0 Å². The van der Waals surface area contributed by atoms with Crippen molar-refractivity contribution in [2.24, 2.45) is 0 Å². The summed E-state index contributed by atoms with van der Waals surface area (Å²) in [7, 11) is 0. The number of anilines is 1. The molecule has 3 aromatic rings. The number of nitrogens with zero attached hydrogens (tertiary/aromatic N) is 5. The number of halogens is 1. The van der Waals surface area contributed by atoms with Gasteiger partial charge in [-0.2, -0.15) is 0 Å². The SMILES string of the molecule is Cc1c(Cl)ccc2sc(N(CCCN3CCOCC3)C(=O)c3cc([N+](=O)[O-])cc([N+](=O)[O-])c3)nc12. The highest BCUT2D eigenvalue weighted by Gasteiger charge is 2.26. The van der Waals surface area contributed by atoms with Crippen molar-refractivity contribution >= 4 is 55.6 Å². The Morgan fingerprint density at radius 3 is 2.46 bits per heavy atom. The summed E-state index contributed by atoms with van der Waals surface area (Å²) in [5, 5.41) is 23.6. The summed E-state index contributed by atoms with van der Waals surface area (Å²) in [5.41, 5.74) is 0.239. The van der Waals surface area contributed by atoms with E-state index in [-0.39, 0.29) is 12.1 Å². The minimum absolute atomic E-state index is 0.147. The standard InChI is InChI=1S/C22H22ClN5O6S/c1-14-18(23)3-4-19-20(14)24-22(35-19)26(6-2-5-25-7-9-34-10-8-25)21(29)15-11-16(27(30)31)13-17(12-15)28(32)33/h3-4,11-13H,2,5-10H2,1H3. The van der Waals surface area contributed by atoms with Crippen LogP contribution >= 0.6 is 22.9 Å². The Balaban J connectivity index is 1.69. The fourth-order valence-corrected chi connectivity index (χ4v) is 5.05. The van der Waals surface area contributed by atoms with Crippen LogP contribution < -0.4 is 4.90 Å². The number of carbonyl (C=O) groups excluding carboxylic acids is 1. The number of nitro benzene ring substituents is 2. The van der Waals surface area contributed by atoms with E-state index in [0.29, 0.717) is 35.3 Å². The molecule has 0 bridgehead atoms. The number of rotatable bonds is 8. The Labute approximate surface area is 209 Å². The number of nitro groups is 2. The molecule has 1 amide bonds. The highest BCUT2D eigenvalue weighted by Crippen LogP contribution is 2.35. The Morgan fingerprint density at radius 1 is 1.17 bits per heavy atom. The number of aryl methyl sites for hydroxylation is 1. The molecule has 1 fully saturated rings. The van der Waals surface area contributed by atoms with Gasteiger partial charge < -0.3 is 4.74 Å². The van der Waals surface area contributed by atoms with E-state index >= 15 is 0 Å². The van der Waals surface area contributed by atoms with E-state index in [1.165, 1.54) is 16.2 Å². The van der Waals surface area contributed by atoms with Crippen LogP contribution in [0.4, 0.5) is 16.5 Å². The van der Waals surface area contributed by atoms with E-state index in [9.17, 15) is 25.0 Å². The van der Waals surface area contributed by atoms with Crippen LogP contribution in [0.5, 0.6) is 0 Å². The second-order valence-corrected chi connectivity index (χ2v) is 9.45. The first kappa shape index (κ1) is 24.9. The van der Waals surface area contributed by atoms with Gasteiger partial charge in [-0.25, -0.2) is 4.98 Å². The van der Waals surface area contributed by atoms with E-state index in [2.05, 4.69) is 9.88 Å². The van der Waals surface area contributed by atoms with Crippen molar-refractivity contribution in [3.63, 3.8) is 0 Å². The molecule has 2 aromatic carbocycles. The van der Waals surface area contributed by atoms with Crippen LogP contribution in [0.25, 0.3) is 10.2 Å². The van der Waals surface area contributed by atoms with Gasteiger partial charge in [0.15, 0.2) is 5.13 Å². The first-order valence-corrected chi connectivity index (χ1v) is 12.1. The highest BCUT2D eigenvalue weighted by atomic mass is 35.5. The average molecular weight is 520 g/mol. The Hall–Kier alpha value is -3.19. The van der Waals surface area contributed by atoms with E-state index < -0.39 is 27.1 Å². The van der Waals surface area contributed by atoms with Gasteiger partial charge in [-0.05, 0) is 31.0 Å². The largest absolute Gasteiger partial charge is 0.379 e. The van der Waals surface area contributed by atoms with Crippen LogP contribution in [-0.2, 0) is 4.74 Å². The molecule has 13 heteroatoms. The third kappa shape index (κ3) is 5.56. The molecule has 0 unspecified atom stereocenters. The normalized spacial score (nSPS) is 14.2. The second kappa shape index (κ2) is 10.6. The van der Waals surface area contributed by atoms with Gasteiger partial charge in [-0.3, -0.25) is 34.8 Å². The van der Waals surface area contributed by atoms with Gasteiger partial charge >= 0.3 is 0 Å². The monoisotopic (exact) mass is 519 g/mol. The van der Waals surface area contributed by atoms with Gasteiger partial charge in [-0.1, -0.05) is 22.9 Å². The molecule has 11 nitrogen and oxygen atoms in total. The van der Waals surface area contributed by atoms with Gasteiger partial charge in [-0.15, -0.1) is 0 Å². The Kier molecular flexibility index (Phi) is 7.55. The topological polar surface area (TPSA) is 132 Å². The molecule has 0 aliphatic carbocycles. The van der Waals surface area contributed by atoms with Crippen LogP contribution in [0.3, 0.4) is 0 Å². The maximum Gasteiger partial charge on any atom is 0.277 e. The first-order chi connectivity index (χ1) is 16.7. The van der Waals surface area contributed by atoms with Gasteiger partial charge in [0, 0.05) is 43.3 Å². The predicted octanol–water partition coefficient (Wildman–Crippen LogP) is 4.44. The zero-order valence-electron chi connectivity index (χ0n) is 18.8. The van der Waals surface area contributed by atoms with Gasteiger partial charge in [0.1, 0.15) is 0 Å². The van der Waals surface area contributed by atoms with Crippen molar-refractivity contribution < 1.29 is 19.4 Å². The Morgan fingerprint density at radius 2 is 1.83 bits per heavy atom. The van der Waals surface area contributed by atoms with Gasteiger partial charge in [0.2, 0.25) is 0 Å². The van der Waals surface area contributed by atoms with Crippen LogP contribution in [0.2, 0.25) is 5.02 Å². The number of amides is 1. The summed E-state index contributed by atoms with van der Waals surface area (Å²) in [6.45, 7) is 5.73. The summed E-state index contributed by atoms with van der Waals surface area (Å²) >= 11 is 7.53. The molecule has 0 radical (unpaired) electrons. The van der Waals surface area contributed by atoms with Crippen molar-refractivity contribution in [2.75, 3.05) is 44.3 Å². The number of thiazole rings is 1. The lowest BCUT2D eigenvalue weighted by Gasteiger charge is -2.27. The van der Waals surface area contributed by atoms with Crippen LogP contribution in [0.1, 0.15) is 22.3 Å². The smallest absolute Gasteiger partial charge is 0.277 e. The number of benzene rings is 2. The summed E-state index contributed by atoms with van der Waals surface area (Å²) in [4.78, 5) is 43.1. The molecule has 184 valence electrons. The number of non-ortho nitro benzene ring substituents is 2. The van der Waals surface area contributed by atoms with Crippen LogP contribution in [-0.4, -0.2) is 65.0 Å². The zero-order valence-corrected chi connectivity index (χ0v) is 20.4. The second-order valence-electron chi connectivity index (χ2n) is 8.03. The van der Waals surface area contributed by atoms with Crippen molar-refractivity contribution in [3.05, 3.63) is 66.7 Å².